The molecule has 0 radical (unpaired) electrons. The van der Waals surface area contributed by atoms with E-state index in [9.17, 15) is 9.90 Å². The lowest BCUT2D eigenvalue weighted by Gasteiger charge is -2.33. The lowest BCUT2D eigenvalue weighted by molar-refractivity contribution is 0.0140. The van der Waals surface area contributed by atoms with Gasteiger partial charge in [-0.05, 0) is 38.7 Å². The molecule has 0 bridgehead atoms. The zero-order valence-electron chi connectivity index (χ0n) is 11.9. The molecule has 1 heterocycles. The normalized spacial score (nSPS) is 25.4. The second-order valence-electron chi connectivity index (χ2n) is 5.82. The Morgan fingerprint density at radius 1 is 1.48 bits per heavy atom. The Labute approximate surface area is 123 Å². The van der Waals surface area contributed by atoms with Crippen molar-refractivity contribution >= 4 is 24.3 Å². The van der Waals surface area contributed by atoms with Crippen LogP contribution in [0.2, 0.25) is 0 Å². The average Bonchev–Trinajstić information content (AvgIpc) is 2.41. The maximum atomic E-state index is 12.2. The third-order valence-electron chi connectivity index (χ3n) is 3.88. The number of nitrogens with one attached hydrogen (secondary N) is 1. The SMILES string of the molecule is C[C@]1(O)CC[C@H](NC(=O)c2cc(B(O)O)cnc2N)CC1. The van der Waals surface area contributed by atoms with E-state index in [0.29, 0.717) is 25.7 Å². The average molecular weight is 293 g/mol. The maximum absolute atomic E-state index is 12.2. The van der Waals surface area contributed by atoms with Gasteiger partial charge in [0.25, 0.3) is 5.91 Å². The standard InChI is InChI=1S/C13H20BN3O4/c1-13(19)4-2-9(3-5-13)17-12(18)10-6-8(14(20)21)7-16-11(10)15/h6-7,9,19-21H,2-5H2,1H3,(H2,15,16)(H,17,18)/t9-,13-. The number of carbonyl (C=O) groups excluding carboxylic acids is 1. The summed E-state index contributed by atoms with van der Waals surface area (Å²) in [5.41, 5.74) is 5.23. The summed E-state index contributed by atoms with van der Waals surface area (Å²) in [6.07, 6.45) is 3.85. The third kappa shape index (κ3) is 3.93. The van der Waals surface area contributed by atoms with Gasteiger partial charge in [-0.1, -0.05) is 0 Å². The summed E-state index contributed by atoms with van der Waals surface area (Å²) < 4.78 is 0. The van der Waals surface area contributed by atoms with Crippen LogP contribution in [0.3, 0.4) is 0 Å². The fourth-order valence-electron chi connectivity index (χ4n) is 2.46. The smallest absolute Gasteiger partial charge is 0.423 e. The molecule has 7 nitrogen and oxygen atoms in total. The topological polar surface area (TPSA) is 129 Å². The molecule has 0 atom stereocenters. The van der Waals surface area contributed by atoms with Gasteiger partial charge in [0.15, 0.2) is 0 Å². The lowest BCUT2D eigenvalue weighted by Crippen LogP contribution is -2.42. The number of aromatic nitrogens is 1. The second kappa shape index (κ2) is 6.01. The molecule has 1 aliphatic rings. The van der Waals surface area contributed by atoms with Crippen molar-refractivity contribution in [3.63, 3.8) is 0 Å². The fraction of sp³-hybridized carbons (Fsp3) is 0.538. The monoisotopic (exact) mass is 293 g/mol. The predicted octanol–water partition coefficient (Wildman–Crippen LogP) is -1.23. The van der Waals surface area contributed by atoms with Crippen molar-refractivity contribution in [3.8, 4) is 0 Å². The van der Waals surface area contributed by atoms with Crippen LogP contribution in [-0.4, -0.2) is 44.8 Å². The first-order valence-electron chi connectivity index (χ1n) is 6.93. The number of rotatable bonds is 3. The van der Waals surface area contributed by atoms with Gasteiger partial charge in [-0.15, -0.1) is 0 Å². The summed E-state index contributed by atoms with van der Waals surface area (Å²) in [5.74, 6) is -0.353. The summed E-state index contributed by atoms with van der Waals surface area (Å²) in [4.78, 5) is 16.0. The molecule has 1 aromatic heterocycles. The van der Waals surface area contributed by atoms with Crippen molar-refractivity contribution in [3.05, 3.63) is 17.8 Å². The quantitative estimate of drug-likeness (QED) is 0.444. The Balaban J connectivity index is 2.05. The first kappa shape index (κ1) is 15.7. The number of pyridine rings is 1. The Hall–Kier alpha value is -1.64. The summed E-state index contributed by atoms with van der Waals surface area (Å²) in [5, 5.41) is 31.0. The molecule has 0 saturated heterocycles. The van der Waals surface area contributed by atoms with Crippen LogP contribution in [0, 0.1) is 0 Å². The predicted molar refractivity (Wildman–Crippen MR) is 78.8 cm³/mol. The Bertz CT molecular complexity index is 526. The van der Waals surface area contributed by atoms with Crippen molar-refractivity contribution in [2.75, 3.05) is 5.73 Å². The van der Waals surface area contributed by atoms with Crippen LogP contribution in [0.4, 0.5) is 5.82 Å². The number of aliphatic hydroxyl groups is 1. The van der Waals surface area contributed by atoms with E-state index >= 15 is 0 Å². The van der Waals surface area contributed by atoms with E-state index in [-0.39, 0.29) is 22.9 Å². The summed E-state index contributed by atoms with van der Waals surface area (Å²) in [6, 6.07) is 1.29. The van der Waals surface area contributed by atoms with Gasteiger partial charge in [0.1, 0.15) is 5.82 Å². The minimum Gasteiger partial charge on any atom is -0.423 e. The van der Waals surface area contributed by atoms with Gasteiger partial charge >= 0.3 is 7.12 Å². The minimum atomic E-state index is -1.70. The van der Waals surface area contributed by atoms with Gasteiger partial charge < -0.3 is 26.2 Å². The van der Waals surface area contributed by atoms with Gasteiger partial charge in [0.2, 0.25) is 0 Å². The van der Waals surface area contributed by atoms with E-state index in [1.807, 2.05) is 0 Å². The van der Waals surface area contributed by atoms with Crippen molar-refractivity contribution < 1.29 is 19.9 Å². The van der Waals surface area contributed by atoms with Crippen molar-refractivity contribution in [2.45, 2.75) is 44.2 Å². The highest BCUT2D eigenvalue weighted by atomic mass is 16.4. The molecular weight excluding hydrogens is 273 g/mol. The van der Waals surface area contributed by atoms with Gasteiger partial charge in [-0.2, -0.15) is 0 Å². The number of nitrogens with zero attached hydrogens (tertiary/aromatic N) is 1. The molecular formula is C13H20BN3O4. The van der Waals surface area contributed by atoms with Gasteiger partial charge in [-0.25, -0.2) is 4.98 Å². The molecule has 8 heteroatoms. The van der Waals surface area contributed by atoms with Crippen LogP contribution >= 0.6 is 0 Å². The Morgan fingerprint density at radius 3 is 2.67 bits per heavy atom. The molecule has 6 N–H and O–H groups in total. The van der Waals surface area contributed by atoms with Crippen LogP contribution in [0.25, 0.3) is 0 Å². The highest BCUT2D eigenvalue weighted by Crippen LogP contribution is 2.27. The van der Waals surface area contributed by atoms with E-state index in [2.05, 4.69) is 10.3 Å². The van der Waals surface area contributed by atoms with Crippen molar-refractivity contribution in [1.29, 1.82) is 0 Å². The first-order valence-corrected chi connectivity index (χ1v) is 6.93. The van der Waals surface area contributed by atoms with E-state index < -0.39 is 18.6 Å². The number of carbonyl (C=O) groups is 1. The number of amides is 1. The molecule has 1 aromatic rings. The highest BCUT2D eigenvalue weighted by Gasteiger charge is 2.30. The van der Waals surface area contributed by atoms with E-state index in [1.165, 1.54) is 12.3 Å². The van der Waals surface area contributed by atoms with Crippen LogP contribution in [0.1, 0.15) is 43.0 Å². The molecule has 0 aromatic carbocycles. The molecule has 0 aliphatic heterocycles. The molecule has 1 fully saturated rings. The number of hydrogen-bond donors (Lipinski definition) is 5. The zero-order chi connectivity index (χ0) is 15.6. The highest BCUT2D eigenvalue weighted by molar-refractivity contribution is 6.58. The van der Waals surface area contributed by atoms with E-state index in [0.717, 1.165) is 0 Å². The molecule has 21 heavy (non-hydrogen) atoms. The number of hydrogen-bond acceptors (Lipinski definition) is 6. The minimum absolute atomic E-state index is 0.0279. The number of nitrogen functional groups attached to an aromatic ring is 1. The molecule has 0 spiro atoms. The van der Waals surface area contributed by atoms with Gasteiger partial charge in [0, 0.05) is 17.7 Å². The van der Waals surface area contributed by atoms with Crippen LogP contribution in [-0.2, 0) is 0 Å². The first-order chi connectivity index (χ1) is 9.78. The van der Waals surface area contributed by atoms with E-state index in [4.69, 9.17) is 15.8 Å². The molecule has 2 rings (SSSR count). The Morgan fingerprint density at radius 2 is 2.10 bits per heavy atom. The Kier molecular flexibility index (Phi) is 4.50. The molecule has 114 valence electrons. The van der Waals surface area contributed by atoms with Crippen molar-refractivity contribution in [1.82, 2.24) is 10.3 Å². The summed E-state index contributed by atoms with van der Waals surface area (Å²) in [7, 11) is -1.70. The lowest BCUT2D eigenvalue weighted by atomic mass is 9.80. The summed E-state index contributed by atoms with van der Waals surface area (Å²) >= 11 is 0. The molecule has 1 aliphatic carbocycles. The molecule has 1 saturated carbocycles. The zero-order valence-corrected chi connectivity index (χ0v) is 11.9. The third-order valence-corrected chi connectivity index (χ3v) is 3.88. The largest absolute Gasteiger partial charge is 0.490 e. The fourth-order valence-corrected chi connectivity index (χ4v) is 2.46. The second-order valence-corrected chi connectivity index (χ2v) is 5.82. The molecule has 1 amide bonds. The summed E-state index contributed by atoms with van der Waals surface area (Å²) in [6.45, 7) is 1.79. The number of nitrogens with two attached hydrogens (primary N) is 1. The van der Waals surface area contributed by atoms with Crippen LogP contribution in [0.5, 0.6) is 0 Å². The van der Waals surface area contributed by atoms with Gasteiger partial charge in [0.05, 0.1) is 11.2 Å². The van der Waals surface area contributed by atoms with Crippen molar-refractivity contribution in [2.24, 2.45) is 0 Å². The van der Waals surface area contributed by atoms with Gasteiger partial charge in [-0.3, -0.25) is 4.79 Å². The van der Waals surface area contributed by atoms with Crippen LogP contribution < -0.4 is 16.5 Å². The maximum Gasteiger partial charge on any atom is 0.490 e. The van der Waals surface area contributed by atoms with Crippen LogP contribution in [0.15, 0.2) is 12.3 Å². The molecule has 0 unspecified atom stereocenters. The van der Waals surface area contributed by atoms with E-state index in [1.54, 1.807) is 6.92 Å². The number of anilines is 1.